The second kappa shape index (κ2) is 8.23. The van der Waals surface area contributed by atoms with Crippen molar-refractivity contribution in [2.45, 2.75) is 64.0 Å². The lowest BCUT2D eigenvalue weighted by Gasteiger charge is -2.31. The van der Waals surface area contributed by atoms with Crippen molar-refractivity contribution in [1.82, 2.24) is 15.1 Å². The number of piperidine rings is 1. The molecule has 0 aromatic heterocycles. The molecule has 0 radical (unpaired) electrons. The van der Waals surface area contributed by atoms with Crippen LogP contribution in [0.5, 0.6) is 0 Å². The second-order valence-corrected chi connectivity index (χ2v) is 6.50. The highest BCUT2D eigenvalue weighted by atomic mass is 15.2. The van der Waals surface area contributed by atoms with Crippen molar-refractivity contribution in [3.8, 4) is 0 Å². The van der Waals surface area contributed by atoms with Crippen LogP contribution in [0.3, 0.4) is 0 Å². The first-order valence-electron chi connectivity index (χ1n) is 8.45. The average molecular weight is 267 g/mol. The van der Waals surface area contributed by atoms with Gasteiger partial charge < -0.3 is 10.2 Å². The minimum atomic E-state index is 0.784. The Bertz CT molecular complexity index is 238. The molecule has 2 heterocycles. The monoisotopic (exact) mass is 267 g/mol. The Morgan fingerprint density at radius 2 is 2.05 bits per heavy atom. The third-order valence-electron chi connectivity index (χ3n) is 4.91. The summed E-state index contributed by atoms with van der Waals surface area (Å²) in [5.41, 5.74) is 0. The van der Waals surface area contributed by atoms with Crippen LogP contribution < -0.4 is 5.32 Å². The van der Waals surface area contributed by atoms with E-state index < -0.39 is 0 Å². The van der Waals surface area contributed by atoms with E-state index in [9.17, 15) is 0 Å². The van der Waals surface area contributed by atoms with Crippen molar-refractivity contribution < 1.29 is 0 Å². The van der Waals surface area contributed by atoms with E-state index >= 15 is 0 Å². The SMILES string of the molecule is CCC1CN(C)CCCN1CCCC1CCCCN1. The largest absolute Gasteiger partial charge is 0.314 e. The summed E-state index contributed by atoms with van der Waals surface area (Å²) in [7, 11) is 2.28. The number of hydrogen-bond donors (Lipinski definition) is 1. The minimum Gasteiger partial charge on any atom is -0.314 e. The van der Waals surface area contributed by atoms with Gasteiger partial charge in [-0.2, -0.15) is 0 Å². The molecule has 0 saturated carbocycles. The molecule has 2 rings (SSSR count). The molecule has 0 aromatic rings. The van der Waals surface area contributed by atoms with Crippen molar-refractivity contribution in [2.75, 3.05) is 39.8 Å². The number of nitrogens with one attached hydrogen (secondary N) is 1. The first-order chi connectivity index (χ1) is 9.29. The molecule has 2 unspecified atom stereocenters. The summed E-state index contributed by atoms with van der Waals surface area (Å²) in [6.07, 6.45) is 9.61. The first kappa shape index (κ1) is 15.3. The fourth-order valence-corrected chi connectivity index (χ4v) is 3.69. The van der Waals surface area contributed by atoms with E-state index in [1.54, 1.807) is 0 Å². The van der Waals surface area contributed by atoms with Gasteiger partial charge in [0.25, 0.3) is 0 Å². The van der Waals surface area contributed by atoms with Crippen molar-refractivity contribution in [3.05, 3.63) is 0 Å². The minimum absolute atomic E-state index is 0.784. The molecule has 0 amide bonds. The maximum absolute atomic E-state index is 3.67. The van der Waals surface area contributed by atoms with Crippen LogP contribution in [0.25, 0.3) is 0 Å². The molecule has 2 fully saturated rings. The second-order valence-electron chi connectivity index (χ2n) is 6.50. The van der Waals surface area contributed by atoms with E-state index in [0.717, 1.165) is 12.1 Å². The molecule has 3 heteroatoms. The van der Waals surface area contributed by atoms with Crippen LogP contribution >= 0.6 is 0 Å². The van der Waals surface area contributed by atoms with Gasteiger partial charge in [-0.1, -0.05) is 13.3 Å². The fraction of sp³-hybridized carbons (Fsp3) is 1.00. The van der Waals surface area contributed by atoms with E-state index in [1.807, 2.05) is 0 Å². The van der Waals surface area contributed by atoms with Crippen molar-refractivity contribution in [3.63, 3.8) is 0 Å². The Morgan fingerprint density at radius 3 is 2.79 bits per heavy atom. The first-order valence-corrected chi connectivity index (χ1v) is 8.45. The van der Waals surface area contributed by atoms with Gasteiger partial charge in [0.05, 0.1) is 0 Å². The maximum atomic E-state index is 3.67. The molecule has 2 aliphatic heterocycles. The summed E-state index contributed by atoms with van der Waals surface area (Å²) in [6.45, 7) is 8.75. The highest BCUT2D eigenvalue weighted by Gasteiger charge is 2.21. The van der Waals surface area contributed by atoms with Crippen molar-refractivity contribution >= 4 is 0 Å². The van der Waals surface area contributed by atoms with Crippen LogP contribution in [0.1, 0.15) is 51.9 Å². The lowest BCUT2D eigenvalue weighted by atomic mass is 10.0. The zero-order chi connectivity index (χ0) is 13.5. The topological polar surface area (TPSA) is 18.5 Å². The summed E-state index contributed by atoms with van der Waals surface area (Å²) in [5, 5.41) is 3.67. The van der Waals surface area contributed by atoms with Crippen LogP contribution in [0.15, 0.2) is 0 Å². The van der Waals surface area contributed by atoms with Gasteiger partial charge in [0.1, 0.15) is 0 Å². The van der Waals surface area contributed by atoms with Crippen LogP contribution in [-0.4, -0.2) is 61.7 Å². The van der Waals surface area contributed by atoms with E-state index in [4.69, 9.17) is 0 Å². The Kier molecular flexibility index (Phi) is 6.62. The Hall–Kier alpha value is -0.120. The molecule has 0 aliphatic carbocycles. The number of rotatable bonds is 5. The van der Waals surface area contributed by atoms with E-state index in [0.29, 0.717) is 0 Å². The predicted octanol–water partition coefficient (Wildman–Crippen LogP) is 2.32. The molecular weight excluding hydrogens is 234 g/mol. The third kappa shape index (κ3) is 5.05. The van der Waals surface area contributed by atoms with E-state index in [-0.39, 0.29) is 0 Å². The molecule has 112 valence electrons. The van der Waals surface area contributed by atoms with Gasteiger partial charge in [0.2, 0.25) is 0 Å². The van der Waals surface area contributed by atoms with Gasteiger partial charge >= 0.3 is 0 Å². The molecule has 2 saturated heterocycles. The maximum Gasteiger partial charge on any atom is 0.0220 e. The summed E-state index contributed by atoms with van der Waals surface area (Å²) < 4.78 is 0. The van der Waals surface area contributed by atoms with Gasteiger partial charge in [-0.25, -0.2) is 0 Å². The molecule has 19 heavy (non-hydrogen) atoms. The van der Waals surface area contributed by atoms with Crippen molar-refractivity contribution in [2.24, 2.45) is 0 Å². The molecular formula is C16H33N3. The standard InChI is InChI=1S/C16H33N3/c1-3-16-14-18(2)11-7-13-19(16)12-6-9-15-8-4-5-10-17-15/h15-17H,3-14H2,1-2H3. The predicted molar refractivity (Wildman–Crippen MR) is 82.6 cm³/mol. The van der Waals surface area contributed by atoms with Gasteiger partial charge in [-0.05, 0) is 71.8 Å². The molecule has 1 N–H and O–H groups in total. The molecule has 2 atom stereocenters. The molecule has 0 aromatic carbocycles. The quantitative estimate of drug-likeness (QED) is 0.825. The summed E-state index contributed by atoms with van der Waals surface area (Å²) >= 11 is 0. The third-order valence-corrected chi connectivity index (χ3v) is 4.91. The van der Waals surface area contributed by atoms with Gasteiger partial charge in [0.15, 0.2) is 0 Å². The van der Waals surface area contributed by atoms with Crippen LogP contribution in [0.2, 0.25) is 0 Å². The lowest BCUT2D eigenvalue weighted by molar-refractivity contribution is 0.177. The van der Waals surface area contributed by atoms with Gasteiger partial charge in [-0.3, -0.25) is 4.90 Å². The molecule has 2 aliphatic rings. The van der Waals surface area contributed by atoms with Crippen molar-refractivity contribution in [1.29, 1.82) is 0 Å². The van der Waals surface area contributed by atoms with E-state index in [1.165, 1.54) is 77.7 Å². The number of nitrogens with zero attached hydrogens (tertiary/aromatic N) is 2. The van der Waals surface area contributed by atoms with Crippen LogP contribution in [0.4, 0.5) is 0 Å². The molecule has 0 spiro atoms. The Morgan fingerprint density at radius 1 is 1.16 bits per heavy atom. The Balaban J connectivity index is 1.70. The fourth-order valence-electron chi connectivity index (χ4n) is 3.69. The summed E-state index contributed by atoms with van der Waals surface area (Å²) in [6, 6.07) is 1.59. The highest BCUT2D eigenvalue weighted by Crippen LogP contribution is 2.15. The zero-order valence-corrected chi connectivity index (χ0v) is 13.0. The number of hydrogen-bond acceptors (Lipinski definition) is 3. The van der Waals surface area contributed by atoms with Crippen LogP contribution in [0, 0.1) is 0 Å². The highest BCUT2D eigenvalue weighted by molar-refractivity contribution is 4.79. The van der Waals surface area contributed by atoms with Gasteiger partial charge in [-0.15, -0.1) is 0 Å². The number of likely N-dealkylation sites (N-methyl/N-ethyl adjacent to an activating group) is 1. The average Bonchev–Trinajstić information content (AvgIpc) is 2.61. The zero-order valence-electron chi connectivity index (χ0n) is 13.0. The normalized spacial score (nSPS) is 31.3. The smallest absolute Gasteiger partial charge is 0.0220 e. The Labute approximate surface area is 119 Å². The molecule has 3 nitrogen and oxygen atoms in total. The summed E-state index contributed by atoms with van der Waals surface area (Å²) in [5.74, 6) is 0. The molecule has 0 bridgehead atoms. The lowest BCUT2D eigenvalue weighted by Crippen LogP contribution is -2.41. The summed E-state index contributed by atoms with van der Waals surface area (Å²) in [4.78, 5) is 5.27. The van der Waals surface area contributed by atoms with Gasteiger partial charge in [0, 0.05) is 18.6 Å². The van der Waals surface area contributed by atoms with E-state index in [2.05, 4.69) is 29.1 Å². The van der Waals surface area contributed by atoms with Crippen LogP contribution in [-0.2, 0) is 0 Å².